The van der Waals surface area contributed by atoms with Gasteiger partial charge in [0.1, 0.15) is 0 Å². The third kappa shape index (κ3) is 3.91. The first-order chi connectivity index (χ1) is 7.11. The quantitative estimate of drug-likeness (QED) is 0.722. The second kappa shape index (κ2) is 5.75. The second-order valence-electron chi connectivity index (χ2n) is 3.26. The van der Waals surface area contributed by atoms with E-state index in [1.807, 2.05) is 0 Å². The summed E-state index contributed by atoms with van der Waals surface area (Å²) in [5.74, 6) is -0.432. The van der Waals surface area contributed by atoms with Crippen LogP contribution in [0.2, 0.25) is 0 Å². The number of carbonyl (C=O) groups excluding carboxylic acids is 2. The molecular weight excluding hydrogens is 218 g/mol. The number of imide groups is 1. The van der Waals surface area contributed by atoms with Crippen LogP contribution >= 0.6 is 11.8 Å². The monoisotopic (exact) mass is 231 g/mol. The maximum atomic E-state index is 11.3. The van der Waals surface area contributed by atoms with Gasteiger partial charge in [0, 0.05) is 25.1 Å². The smallest absolute Gasteiger partial charge is 0.303 e. The number of aliphatic carboxylic acids is 1. The molecular formula is C9H13NO4S. The van der Waals surface area contributed by atoms with Gasteiger partial charge in [-0.25, -0.2) is 0 Å². The van der Waals surface area contributed by atoms with E-state index in [0.717, 1.165) is 11.8 Å². The molecule has 15 heavy (non-hydrogen) atoms. The lowest BCUT2D eigenvalue weighted by molar-refractivity contribution is -0.137. The van der Waals surface area contributed by atoms with Crippen molar-refractivity contribution in [1.29, 1.82) is 0 Å². The zero-order valence-electron chi connectivity index (χ0n) is 8.27. The fraction of sp³-hybridized carbons (Fsp3) is 0.667. The molecule has 0 aromatic carbocycles. The Morgan fingerprint density at radius 1 is 1.40 bits per heavy atom. The summed E-state index contributed by atoms with van der Waals surface area (Å²) in [5.41, 5.74) is 0. The van der Waals surface area contributed by atoms with E-state index in [1.165, 1.54) is 4.90 Å². The van der Waals surface area contributed by atoms with Crippen LogP contribution < -0.4 is 0 Å². The van der Waals surface area contributed by atoms with Crippen LogP contribution in [0.25, 0.3) is 0 Å². The number of hydrogen-bond acceptors (Lipinski definition) is 4. The molecule has 1 rings (SSSR count). The summed E-state index contributed by atoms with van der Waals surface area (Å²) in [6, 6.07) is 0. The summed E-state index contributed by atoms with van der Waals surface area (Å²) in [4.78, 5) is 34.0. The Bertz CT molecular complexity index is 263. The van der Waals surface area contributed by atoms with Crippen molar-refractivity contribution in [1.82, 2.24) is 4.90 Å². The summed E-state index contributed by atoms with van der Waals surface area (Å²) in [6.07, 6.45) is 1.54. The van der Waals surface area contributed by atoms with Crippen LogP contribution in [0.5, 0.6) is 0 Å². The van der Waals surface area contributed by atoms with Crippen LogP contribution in [0.3, 0.4) is 0 Å². The van der Waals surface area contributed by atoms with Crippen molar-refractivity contribution in [2.45, 2.75) is 25.7 Å². The van der Waals surface area contributed by atoms with E-state index in [2.05, 4.69) is 0 Å². The van der Waals surface area contributed by atoms with Crippen LogP contribution in [0, 0.1) is 0 Å². The number of unbranched alkanes of at least 4 members (excludes halogenated alkanes) is 1. The van der Waals surface area contributed by atoms with Gasteiger partial charge in [0.2, 0.25) is 5.91 Å². The van der Waals surface area contributed by atoms with Gasteiger partial charge in [0.15, 0.2) is 0 Å². The molecule has 1 heterocycles. The number of amides is 2. The minimum absolute atomic E-state index is 0.0867. The minimum Gasteiger partial charge on any atom is -0.481 e. The number of carboxylic acid groups (broad SMARTS) is 1. The molecule has 6 heteroatoms. The fourth-order valence-electron chi connectivity index (χ4n) is 1.30. The average molecular weight is 231 g/mol. The lowest BCUT2D eigenvalue weighted by atomic mass is 10.2. The third-order valence-electron chi connectivity index (χ3n) is 2.09. The van der Waals surface area contributed by atoms with Gasteiger partial charge in [-0.2, -0.15) is 0 Å². The maximum Gasteiger partial charge on any atom is 0.303 e. The van der Waals surface area contributed by atoms with E-state index in [0.29, 0.717) is 31.6 Å². The van der Waals surface area contributed by atoms with E-state index in [1.54, 1.807) is 0 Å². The zero-order valence-corrected chi connectivity index (χ0v) is 9.09. The van der Waals surface area contributed by atoms with Gasteiger partial charge in [-0.15, -0.1) is 0 Å². The molecule has 0 bridgehead atoms. The standard InChI is InChI=1S/C9H13NO4S/c11-7-4-6-15-9(14)10(7)5-2-1-3-8(12)13/h1-6H2,(H,12,13). The molecule has 2 amide bonds. The van der Waals surface area contributed by atoms with Crippen molar-refractivity contribution in [2.75, 3.05) is 12.3 Å². The molecule has 0 aliphatic carbocycles. The molecule has 0 unspecified atom stereocenters. The van der Waals surface area contributed by atoms with Gasteiger partial charge in [-0.3, -0.25) is 19.3 Å². The molecule has 1 N–H and O–H groups in total. The van der Waals surface area contributed by atoms with Gasteiger partial charge < -0.3 is 5.11 Å². The fourth-order valence-corrected chi connectivity index (χ4v) is 2.10. The molecule has 0 saturated carbocycles. The molecule has 5 nitrogen and oxygen atoms in total. The highest BCUT2D eigenvalue weighted by atomic mass is 32.2. The number of carbonyl (C=O) groups is 3. The molecule has 0 atom stereocenters. The van der Waals surface area contributed by atoms with E-state index in [4.69, 9.17) is 5.11 Å². The molecule has 1 aliphatic rings. The summed E-state index contributed by atoms with van der Waals surface area (Å²) in [6.45, 7) is 0.345. The first-order valence-electron chi connectivity index (χ1n) is 4.80. The van der Waals surface area contributed by atoms with E-state index in [-0.39, 0.29) is 17.6 Å². The van der Waals surface area contributed by atoms with Crippen LogP contribution in [0.15, 0.2) is 0 Å². The van der Waals surface area contributed by atoms with Crippen LogP contribution in [-0.4, -0.2) is 39.4 Å². The molecule has 0 aromatic heterocycles. The number of nitrogens with zero attached hydrogens (tertiary/aromatic N) is 1. The van der Waals surface area contributed by atoms with Crippen molar-refractivity contribution in [3.05, 3.63) is 0 Å². The Balaban J connectivity index is 2.26. The predicted molar refractivity (Wildman–Crippen MR) is 55.7 cm³/mol. The van der Waals surface area contributed by atoms with E-state index >= 15 is 0 Å². The Morgan fingerprint density at radius 3 is 2.73 bits per heavy atom. The number of thioether (sulfide) groups is 1. The highest BCUT2D eigenvalue weighted by Gasteiger charge is 2.25. The SMILES string of the molecule is O=C(O)CCCCN1C(=O)CCSC1=O. The van der Waals surface area contributed by atoms with Gasteiger partial charge in [0.05, 0.1) is 0 Å². The van der Waals surface area contributed by atoms with Gasteiger partial charge in [-0.05, 0) is 12.8 Å². The highest BCUT2D eigenvalue weighted by molar-refractivity contribution is 8.13. The first-order valence-corrected chi connectivity index (χ1v) is 5.78. The summed E-state index contributed by atoms with van der Waals surface area (Å²) in [5, 5.41) is 8.20. The zero-order chi connectivity index (χ0) is 11.3. The normalized spacial score (nSPS) is 16.9. The molecule has 1 aliphatic heterocycles. The molecule has 84 valence electrons. The van der Waals surface area contributed by atoms with Gasteiger partial charge in [0.25, 0.3) is 5.24 Å². The largest absolute Gasteiger partial charge is 0.481 e. The van der Waals surface area contributed by atoms with E-state index in [9.17, 15) is 14.4 Å². The third-order valence-corrected chi connectivity index (χ3v) is 2.96. The maximum absolute atomic E-state index is 11.3. The average Bonchev–Trinajstić information content (AvgIpc) is 2.15. The van der Waals surface area contributed by atoms with Gasteiger partial charge >= 0.3 is 5.97 Å². The van der Waals surface area contributed by atoms with Crippen molar-refractivity contribution in [2.24, 2.45) is 0 Å². The molecule has 0 aromatic rings. The number of hydrogen-bond donors (Lipinski definition) is 1. The van der Waals surface area contributed by atoms with Crippen LogP contribution in [0.4, 0.5) is 4.79 Å². The molecule has 0 spiro atoms. The molecule has 1 saturated heterocycles. The molecule has 0 radical (unpaired) electrons. The Hall–Kier alpha value is -1.04. The number of carboxylic acids is 1. The lowest BCUT2D eigenvalue weighted by Gasteiger charge is -2.23. The van der Waals surface area contributed by atoms with Crippen molar-refractivity contribution in [3.8, 4) is 0 Å². The number of rotatable bonds is 5. The molecule has 1 fully saturated rings. The van der Waals surface area contributed by atoms with Crippen molar-refractivity contribution in [3.63, 3.8) is 0 Å². The van der Waals surface area contributed by atoms with Crippen molar-refractivity contribution < 1.29 is 19.5 Å². The second-order valence-corrected chi connectivity index (χ2v) is 4.31. The van der Waals surface area contributed by atoms with Crippen molar-refractivity contribution >= 4 is 28.9 Å². The Labute approximate surface area is 91.8 Å². The summed E-state index contributed by atoms with van der Waals surface area (Å²) in [7, 11) is 0. The Kier molecular flexibility index (Phi) is 4.61. The van der Waals surface area contributed by atoms with Crippen LogP contribution in [-0.2, 0) is 9.59 Å². The topological polar surface area (TPSA) is 74.7 Å². The minimum atomic E-state index is -0.847. The summed E-state index contributed by atoms with van der Waals surface area (Å²) >= 11 is 1.14. The summed E-state index contributed by atoms with van der Waals surface area (Å²) < 4.78 is 0. The lowest BCUT2D eigenvalue weighted by Crippen LogP contribution is -2.38. The first kappa shape index (κ1) is 12.0. The van der Waals surface area contributed by atoms with E-state index < -0.39 is 5.97 Å². The predicted octanol–water partition coefficient (Wildman–Crippen LogP) is 1.33. The van der Waals surface area contributed by atoms with Gasteiger partial charge in [-0.1, -0.05) is 11.8 Å². The highest BCUT2D eigenvalue weighted by Crippen LogP contribution is 2.18. The van der Waals surface area contributed by atoms with Crippen LogP contribution in [0.1, 0.15) is 25.7 Å². The Morgan fingerprint density at radius 2 is 2.13 bits per heavy atom.